The van der Waals surface area contributed by atoms with Crippen molar-refractivity contribution in [3.05, 3.63) is 77.6 Å². The molecule has 0 aliphatic carbocycles. The molecule has 3 heterocycles. The molecule has 37 heavy (non-hydrogen) atoms. The smallest absolute Gasteiger partial charge is 0.252 e. The number of aromatic nitrogens is 3. The van der Waals surface area contributed by atoms with E-state index in [2.05, 4.69) is 39.0 Å². The second kappa shape index (κ2) is 10.7. The lowest BCUT2D eigenvalue weighted by Gasteiger charge is -2.27. The number of likely N-dealkylation sites (N-methyl/N-ethyl adjacent to an activating group) is 1. The van der Waals surface area contributed by atoms with Crippen LogP contribution in [0.15, 0.2) is 60.9 Å². The molecule has 2 aromatic heterocycles. The molecule has 0 radical (unpaired) electrons. The highest BCUT2D eigenvalue weighted by Gasteiger charge is 2.21. The average molecular weight is 499 g/mol. The van der Waals surface area contributed by atoms with E-state index in [1.165, 1.54) is 0 Å². The highest BCUT2D eigenvalue weighted by Crippen LogP contribution is 2.30. The van der Waals surface area contributed by atoms with Gasteiger partial charge in [0.2, 0.25) is 0 Å². The first-order chi connectivity index (χ1) is 17.9. The van der Waals surface area contributed by atoms with Crippen LogP contribution in [0.5, 0.6) is 5.75 Å². The van der Waals surface area contributed by atoms with Crippen LogP contribution in [0, 0.1) is 6.92 Å². The van der Waals surface area contributed by atoms with Gasteiger partial charge in [-0.25, -0.2) is 4.98 Å². The van der Waals surface area contributed by atoms with Gasteiger partial charge in [0.15, 0.2) is 0 Å². The molecule has 1 atom stereocenters. The summed E-state index contributed by atoms with van der Waals surface area (Å²) in [6.07, 6.45) is 3.93. The molecule has 4 aromatic rings. The van der Waals surface area contributed by atoms with Crippen molar-refractivity contribution in [1.29, 1.82) is 0 Å². The zero-order chi connectivity index (χ0) is 25.9. The number of fused-ring (bicyclic) bond motifs is 1. The van der Waals surface area contributed by atoms with Crippen molar-refractivity contribution in [2.45, 2.75) is 25.9 Å². The molecule has 0 unspecified atom stereocenters. The van der Waals surface area contributed by atoms with Gasteiger partial charge < -0.3 is 20.3 Å². The van der Waals surface area contributed by atoms with Crippen LogP contribution in [0.1, 0.15) is 40.5 Å². The van der Waals surface area contributed by atoms with E-state index >= 15 is 0 Å². The van der Waals surface area contributed by atoms with Crippen LogP contribution < -0.4 is 15.4 Å². The summed E-state index contributed by atoms with van der Waals surface area (Å²) in [6, 6.07) is 15.9. The molecular weight excluding hydrogens is 464 g/mol. The van der Waals surface area contributed by atoms with Gasteiger partial charge in [-0.1, -0.05) is 24.3 Å². The predicted molar refractivity (Wildman–Crippen MR) is 146 cm³/mol. The second-order valence-electron chi connectivity index (χ2n) is 9.96. The quantitative estimate of drug-likeness (QED) is 0.363. The Kier molecular flexibility index (Phi) is 7.21. The zero-order valence-electron chi connectivity index (χ0n) is 21.9. The number of hydrogen-bond donors (Lipinski definition) is 2. The molecule has 0 saturated carbocycles. The Morgan fingerprint density at radius 2 is 2.03 bits per heavy atom. The van der Waals surface area contributed by atoms with E-state index in [9.17, 15) is 4.79 Å². The number of hydrogen-bond acceptors (Lipinski definition) is 6. The summed E-state index contributed by atoms with van der Waals surface area (Å²) < 4.78 is 7.87. The fraction of sp³-hybridized carbons (Fsp3) is 0.345. The Balaban J connectivity index is 1.40. The highest BCUT2D eigenvalue weighted by atomic mass is 16.5. The minimum absolute atomic E-state index is 0.129. The van der Waals surface area contributed by atoms with E-state index in [-0.39, 0.29) is 11.9 Å². The molecule has 8 nitrogen and oxygen atoms in total. The SMILES string of the molecule is Cc1ccc(OCCN(C)C)cc1C(=O)N[C@H](C)c1cc(-c2cnn(C3CNC3)c2)nc2ccccc12. The van der Waals surface area contributed by atoms with Crippen LogP contribution in [-0.4, -0.2) is 65.9 Å². The molecular formula is C29H34N6O2. The first kappa shape index (κ1) is 24.9. The Hall–Kier alpha value is -3.75. The number of aryl methyl sites for hydroxylation is 1. The number of benzene rings is 2. The van der Waals surface area contributed by atoms with Crippen molar-refractivity contribution in [3.8, 4) is 17.0 Å². The van der Waals surface area contributed by atoms with E-state index in [1.807, 2.05) is 75.2 Å². The number of ether oxygens (including phenoxy) is 1. The van der Waals surface area contributed by atoms with E-state index in [0.717, 1.165) is 52.9 Å². The molecule has 1 saturated heterocycles. The largest absolute Gasteiger partial charge is 0.492 e. The van der Waals surface area contributed by atoms with Crippen LogP contribution in [0.2, 0.25) is 0 Å². The van der Waals surface area contributed by atoms with Crippen molar-refractivity contribution < 1.29 is 9.53 Å². The summed E-state index contributed by atoms with van der Waals surface area (Å²) in [4.78, 5) is 20.4. The number of rotatable bonds is 9. The second-order valence-corrected chi connectivity index (χ2v) is 9.96. The molecule has 192 valence electrons. The zero-order valence-corrected chi connectivity index (χ0v) is 21.9. The molecule has 0 spiro atoms. The molecule has 1 aliphatic rings. The first-order valence-corrected chi connectivity index (χ1v) is 12.7. The summed E-state index contributed by atoms with van der Waals surface area (Å²) in [6.45, 7) is 7.19. The maximum absolute atomic E-state index is 13.4. The van der Waals surface area contributed by atoms with Crippen molar-refractivity contribution in [3.63, 3.8) is 0 Å². The summed E-state index contributed by atoms with van der Waals surface area (Å²) in [5.41, 5.74) is 5.24. The third-order valence-corrected chi connectivity index (χ3v) is 6.85. The van der Waals surface area contributed by atoms with Gasteiger partial charge in [0.25, 0.3) is 5.91 Å². The number of para-hydroxylation sites is 1. The highest BCUT2D eigenvalue weighted by molar-refractivity contribution is 5.96. The van der Waals surface area contributed by atoms with Crippen LogP contribution in [0.3, 0.4) is 0 Å². The Bertz CT molecular complexity index is 1410. The van der Waals surface area contributed by atoms with Gasteiger partial charge in [-0.05, 0) is 63.3 Å². The van der Waals surface area contributed by atoms with Gasteiger partial charge in [-0.2, -0.15) is 5.10 Å². The number of amides is 1. The summed E-state index contributed by atoms with van der Waals surface area (Å²) in [7, 11) is 4.01. The van der Waals surface area contributed by atoms with E-state index in [1.54, 1.807) is 0 Å². The molecule has 2 aromatic carbocycles. The number of nitrogens with one attached hydrogen (secondary N) is 2. The van der Waals surface area contributed by atoms with Crippen LogP contribution in [0.25, 0.3) is 22.2 Å². The van der Waals surface area contributed by atoms with Crippen LogP contribution in [0.4, 0.5) is 0 Å². The van der Waals surface area contributed by atoms with Crippen LogP contribution >= 0.6 is 0 Å². The molecule has 1 fully saturated rings. The summed E-state index contributed by atoms with van der Waals surface area (Å²) in [5.74, 6) is 0.566. The van der Waals surface area contributed by atoms with Gasteiger partial charge in [0, 0.05) is 42.3 Å². The third kappa shape index (κ3) is 5.50. The lowest BCUT2D eigenvalue weighted by Crippen LogP contribution is -2.43. The topological polar surface area (TPSA) is 84.3 Å². The Morgan fingerprint density at radius 3 is 2.78 bits per heavy atom. The molecule has 1 amide bonds. The summed E-state index contributed by atoms with van der Waals surface area (Å²) in [5, 5.41) is 12.1. The van der Waals surface area contributed by atoms with Gasteiger partial charge in [0.1, 0.15) is 12.4 Å². The number of pyridine rings is 1. The molecule has 8 heteroatoms. The van der Waals surface area contributed by atoms with Gasteiger partial charge in [0.05, 0.1) is 29.5 Å². The Morgan fingerprint density at radius 1 is 1.22 bits per heavy atom. The van der Waals surface area contributed by atoms with Gasteiger partial charge >= 0.3 is 0 Å². The lowest BCUT2D eigenvalue weighted by molar-refractivity contribution is 0.0939. The van der Waals surface area contributed by atoms with E-state index in [4.69, 9.17) is 9.72 Å². The maximum Gasteiger partial charge on any atom is 0.252 e. The lowest BCUT2D eigenvalue weighted by atomic mass is 9.99. The van der Waals surface area contributed by atoms with Gasteiger partial charge in [-0.15, -0.1) is 0 Å². The van der Waals surface area contributed by atoms with Crippen LogP contribution in [-0.2, 0) is 0 Å². The minimum Gasteiger partial charge on any atom is -0.492 e. The van der Waals surface area contributed by atoms with Crippen molar-refractivity contribution in [1.82, 2.24) is 30.3 Å². The molecule has 2 N–H and O–H groups in total. The first-order valence-electron chi connectivity index (χ1n) is 12.7. The monoisotopic (exact) mass is 498 g/mol. The predicted octanol–water partition coefficient (Wildman–Crippen LogP) is 3.98. The average Bonchev–Trinajstić information content (AvgIpc) is 3.32. The molecule has 1 aliphatic heterocycles. The maximum atomic E-state index is 13.4. The van der Waals surface area contributed by atoms with E-state index < -0.39 is 0 Å². The van der Waals surface area contributed by atoms with Gasteiger partial charge in [-0.3, -0.25) is 9.48 Å². The Labute approximate surface area is 217 Å². The van der Waals surface area contributed by atoms with Crippen molar-refractivity contribution >= 4 is 16.8 Å². The minimum atomic E-state index is -0.234. The van der Waals surface area contributed by atoms with Crippen molar-refractivity contribution in [2.24, 2.45) is 0 Å². The number of nitrogens with zero attached hydrogens (tertiary/aromatic N) is 4. The third-order valence-electron chi connectivity index (χ3n) is 6.85. The van der Waals surface area contributed by atoms with E-state index in [0.29, 0.717) is 24.0 Å². The molecule has 5 rings (SSSR count). The fourth-order valence-electron chi connectivity index (χ4n) is 4.47. The fourth-order valence-corrected chi connectivity index (χ4v) is 4.47. The standard InChI is InChI=1S/C29H34N6O2/c1-19-9-10-23(37-12-11-34(3)4)13-25(19)29(36)32-20(2)26-14-28(33-27-8-6-5-7-24(26)27)21-15-31-35(18-21)22-16-30-17-22/h5-10,13-15,18,20,22,30H,11-12,16-17H2,1-4H3,(H,32,36)/t20-/m1/s1. The number of carbonyl (C=O) groups is 1. The molecule has 0 bridgehead atoms. The van der Waals surface area contributed by atoms with Crippen molar-refractivity contribution in [2.75, 3.05) is 40.3 Å². The number of carbonyl (C=O) groups excluding carboxylic acids is 1. The normalized spacial score (nSPS) is 14.5. The summed E-state index contributed by atoms with van der Waals surface area (Å²) >= 11 is 0.